The van der Waals surface area contributed by atoms with Crippen molar-refractivity contribution in [2.45, 2.75) is 6.92 Å². The molecule has 0 atom stereocenters. The molecule has 0 aliphatic carbocycles. The molecule has 0 aromatic carbocycles. The summed E-state index contributed by atoms with van der Waals surface area (Å²) in [6.45, 7) is 1.87. The van der Waals surface area contributed by atoms with Crippen LogP contribution in [0.15, 0.2) is 16.5 Å². The standard InChI is InChI=1S/C10H14N6O/c1-6-4-5-7(17-6)16(3)10-14-8(11)13-9(12-2)15-10/h4-5H,1-3H3,(H3,11,12,13,14,15). The van der Waals surface area contributed by atoms with Crippen LogP contribution in [0.1, 0.15) is 5.76 Å². The Labute approximate surface area is 98.7 Å². The number of hydrogen-bond donors (Lipinski definition) is 2. The number of nitrogens with one attached hydrogen (secondary N) is 1. The number of anilines is 4. The Morgan fingerprint density at radius 3 is 2.65 bits per heavy atom. The van der Waals surface area contributed by atoms with E-state index in [0.717, 1.165) is 5.76 Å². The van der Waals surface area contributed by atoms with E-state index in [-0.39, 0.29) is 5.95 Å². The number of furan rings is 1. The molecule has 7 heteroatoms. The van der Waals surface area contributed by atoms with Crippen molar-refractivity contribution in [2.75, 3.05) is 30.0 Å². The van der Waals surface area contributed by atoms with Crippen LogP contribution < -0.4 is 16.0 Å². The first-order chi connectivity index (χ1) is 8.10. The summed E-state index contributed by atoms with van der Waals surface area (Å²) in [4.78, 5) is 13.9. The highest BCUT2D eigenvalue weighted by Gasteiger charge is 2.12. The summed E-state index contributed by atoms with van der Waals surface area (Å²) in [6, 6.07) is 3.71. The minimum atomic E-state index is 0.162. The monoisotopic (exact) mass is 234 g/mol. The van der Waals surface area contributed by atoms with Crippen molar-refractivity contribution >= 4 is 23.7 Å². The first-order valence-corrected chi connectivity index (χ1v) is 5.09. The number of hydrogen-bond acceptors (Lipinski definition) is 7. The molecule has 0 saturated carbocycles. The van der Waals surface area contributed by atoms with Gasteiger partial charge < -0.3 is 15.5 Å². The molecule has 0 aliphatic rings. The van der Waals surface area contributed by atoms with Gasteiger partial charge in [0.05, 0.1) is 0 Å². The number of aryl methyl sites for hydroxylation is 1. The van der Waals surface area contributed by atoms with Crippen LogP contribution in [0.5, 0.6) is 0 Å². The maximum Gasteiger partial charge on any atom is 0.238 e. The maximum absolute atomic E-state index is 5.60. The van der Waals surface area contributed by atoms with Crippen LogP contribution in [-0.4, -0.2) is 29.0 Å². The quantitative estimate of drug-likeness (QED) is 0.823. The molecule has 90 valence electrons. The average Bonchev–Trinajstić information content (AvgIpc) is 2.74. The van der Waals surface area contributed by atoms with Gasteiger partial charge in [-0.1, -0.05) is 0 Å². The Bertz CT molecular complexity index is 523. The van der Waals surface area contributed by atoms with Gasteiger partial charge in [0, 0.05) is 20.2 Å². The summed E-state index contributed by atoms with van der Waals surface area (Å²) < 4.78 is 5.48. The van der Waals surface area contributed by atoms with E-state index in [2.05, 4.69) is 20.3 Å². The molecule has 2 heterocycles. The molecule has 0 fully saturated rings. The highest BCUT2D eigenvalue weighted by Crippen LogP contribution is 2.23. The Morgan fingerprint density at radius 2 is 2.06 bits per heavy atom. The van der Waals surface area contributed by atoms with E-state index in [0.29, 0.717) is 17.8 Å². The summed E-state index contributed by atoms with van der Waals surface area (Å²) in [5, 5.41) is 2.82. The smallest absolute Gasteiger partial charge is 0.238 e. The topological polar surface area (TPSA) is 93.1 Å². The number of nitrogens with two attached hydrogens (primary N) is 1. The van der Waals surface area contributed by atoms with E-state index in [1.54, 1.807) is 19.0 Å². The van der Waals surface area contributed by atoms with Crippen molar-refractivity contribution in [2.24, 2.45) is 0 Å². The summed E-state index contributed by atoms with van der Waals surface area (Å²) in [5.41, 5.74) is 5.60. The van der Waals surface area contributed by atoms with Gasteiger partial charge in [-0.15, -0.1) is 0 Å². The minimum absolute atomic E-state index is 0.162. The van der Waals surface area contributed by atoms with Gasteiger partial charge in [-0.2, -0.15) is 15.0 Å². The van der Waals surface area contributed by atoms with E-state index < -0.39 is 0 Å². The average molecular weight is 234 g/mol. The van der Waals surface area contributed by atoms with Gasteiger partial charge in [0.2, 0.25) is 23.7 Å². The molecule has 0 radical (unpaired) electrons. The Kier molecular flexibility index (Phi) is 2.82. The van der Waals surface area contributed by atoms with Crippen LogP contribution in [0.2, 0.25) is 0 Å². The third-order valence-electron chi connectivity index (χ3n) is 2.22. The van der Waals surface area contributed by atoms with Gasteiger partial charge in [-0.25, -0.2) is 0 Å². The van der Waals surface area contributed by atoms with Crippen molar-refractivity contribution in [3.8, 4) is 0 Å². The molecule has 7 nitrogen and oxygen atoms in total. The zero-order valence-electron chi connectivity index (χ0n) is 9.93. The van der Waals surface area contributed by atoms with Gasteiger partial charge in [-0.05, 0) is 13.0 Å². The molecule has 2 rings (SSSR count). The van der Waals surface area contributed by atoms with E-state index in [1.807, 2.05) is 19.1 Å². The second kappa shape index (κ2) is 4.28. The highest BCUT2D eigenvalue weighted by atomic mass is 16.4. The normalized spacial score (nSPS) is 10.3. The molecule has 0 aliphatic heterocycles. The lowest BCUT2D eigenvalue weighted by atomic mass is 10.5. The molecule has 0 bridgehead atoms. The molecule has 3 N–H and O–H groups in total. The molecule has 0 unspecified atom stereocenters. The number of nitrogen functional groups attached to an aromatic ring is 1. The Morgan fingerprint density at radius 1 is 1.29 bits per heavy atom. The molecule has 0 amide bonds. The SMILES string of the molecule is CNc1nc(N)nc(N(C)c2ccc(C)o2)n1. The zero-order chi connectivity index (χ0) is 12.4. The van der Waals surface area contributed by atoms with Crippen LogP contribution in [-0.2, 0) is 0 Å². The Hall–Kier alpha value is -2.31. The van der Waals surface area contributed by atoms with Crippen LogP contribution in [0.25, 0.3) is 0 Å². The highest BCUT2D eigenvalue weighted by molar-refractivity contribution is 5.52. The van der Waals surface area contributed by atoms with Crippen LogP contribution in [0, 0.1) is 6.92 Å². The lowest BCUT2D eigenvalue weighted by Gasteiger charge is -2.14. The molecule has 17 heavy (non-hydrogen) atoms. The fourth-order valence-corrected chi connectivity index (χ4v) is 1.34. The van der Waals surface area contributed by atoms with E-state index in [4.69, 9.17) is 10.2 Å². The third-order valence-corrected chi connectivity index (χ3v) is 2.22. The summed E-state index contributed by atoms with van der Waals surface area (Å²) >= 11 is 0. The van der Waals surface area contributed by atoms with Gasteiger partial charge in [0.15, 0.2) is 0 Å². The third kappa shape index (κ3) is 2.27. The molecule has 2 aromatic heterocycles. The van der Waals surface area contributed by atoms with Crippen LogP contribution >= 0.6 is 0 Å². The molecular weight excluding hydrogens is 220 g/mol. The fraction of sp³-hybridized carbons (Fsp3) is 0.300. The van der Waals surface area contributed by atoms with Crippen LogP contribution in [0.4, 0.5) is 23.7 Å². The van der Waals surface area contributed by atoms with Crippen LogP contribution in [0.3, 0.4) is 0 Å². The lowest BCUT2D eigenvalue weighted by Crippen LogP contribution is -2.15. The largest absolute Gasteiger partial charge is 0.445 e. The number of aromatic nitrogens is 3. The number of rotatable bonds is 3. The van der Waals surface area contributed by atoms with E-state index in [9.17, 15) is 0 Å². The van der Waals surface area contributed by atoms with Crippen molar-refractivity contribution < 1.29 is 4.42 Å². The van der Waals surface area contributed by atoms with Gasteiger partial charge in [0.25, 0.3) is 0 Å². The fourth-order valence-electron chi connectivity index (χ4n) is 1.34. The predicted octanol–water partition coefficient (Wildman–Crippen LogP) is 1.16. The second-order valence-electron chi connectivity index (χ2n) is 3.51. The Balaban J connectivity index is 2.36. The molecule has 0 saturated heterocycles. The van der Waals surface area contributed by atoms with E-state index in [1.165, 1.54) is 0 Å². The first-order valence-electron chi connectivity index (χ1n) is 5.09. The van der Waals surface area contributed by atoms with Crippen molar-refractivity contribution in [1.29, 1.82) is 0 Å². The molecule has 2 aromatic rings. The summed E-state index contributed by atoms with van der Waals surface area (Å²) in [7, 11) is 3.52. The van der Waals surface area contributed by atoms with Gasteiger partial charge >= 0.3 is 0 Å². The molecule has 0 spiro atoms. The van der Waals surface area contributed by atoms with Gasteiger partial charge in [0.1, 0.15) is 5.76 Å². The van der Waals surface area contributed by atoms with Crippen molar-refractivity contribution in [3.05, 3.63) is 17.9 Å². The van der Waals surface area contributed by atoms with Gasteiger partial charge in [-0.3, -0.25) is 4.90 Å². The van der Waals surface area contributed by atoms with E-state index >= 15 is 0 Å². The van der Waals surface area contributed by atoms with Crippen molar-refractivity contribution in [3.63, 3.8) is 0 Å². The summed E-state index contributed by atoms with van der Waals surface area (Å²) in [6.07, 6.45) is 0. The molecular formula is C10H14N6O. The number of nitrogens with zero attached hydrogens (tertiary/aromatic N) is 4. The zero-order valence-corrected chi connectivity index (χ0v) is 9.93. The second-order valence-corrected chi connectivity index (χ2v) is 3.51. The maximum atomic E-state index is 5.60. The minimum Gasteiger partial charge on any atom is -0.445 e. The first kappa shape index (κ1) is 11.2. The lowest BCUT2D eigenvalue weighted by molar-refractivity contribution is 0.536. The summed E-state index contributed by atoms with van der Waals surface area (Å²) in [5.74, 6) is 2.48. The predicted molar refractivity (Wildman–Crippen MR) is 65.3 cm³/mol. The van der Waals surface area contributed by atoms with Crippen molar-refractivity contribution in [1.82, 2.24) is 15.0 Å².